The van der Waals surface area contributed by atoms with E-state index in [1.165, 1.54) is 167 Å². The molecule has 286 valence electrons. The standard InChI is InChI=1S/C43H85NO4/c1-5-7-9-11-13-15-17-19-21-22-23-25-27-29-31-33-38-46-40-42(41-48-43(45)36-35-37-44(3)4)47-39-34-32-30-28-26-24-20-18-16-14-12-10-8-6-2/h19,21,42H,5-18,20,22-41H2,1-4H3/b21-19-. The maximum Gasteiger partial charge on any atom is 0.305 e. The number of nitrogens with zero attached hydrogens (tertiary/aromatic N) is 1. The van der Waals surface area contributed by atoms with Crippen molar-refractivity contribution in [2.24, 2.45) is 0 Å². The van der Waals surface area contributed by atoms with Gasteiger partial charge in [-0.15, -0.1) is 0 Å². The van der Waals surface area contributed by atoms with E-state index in [4.69, 9.17) is 14.2 Å². The maximum atomic E-state index is 12.2. The van der Waals surface area contributed by atoms with Gasteiger partial charge in [-0.1, -0.05) is 167 Å². The zero-order chi connectivity index (χ0) is 35.0. The first kappa shape index (κ1) is 47.1. The number of hydrogen-bond acceptors (Lipinski definition) is 5. The van der Waals surface area contributed by atoms with Gasteiger partial charge in [0.15, 0.2) is 0 Å². The molecular formula is C43H85NO4. The normalized spacial score (nSPS) is 12.4. The van der Waals surface area contributed by atoms with Crippen LogP contribution in [0.15, 0.2) is 12.2 Å². The molecule has 48 heavy (non-hydrogen) atoms. The van der Waals surface area contributed by atoms with E-state index in [1.807, 2.05) is 14.1 Å². The van der Waals surface area contributed by atoms with Crippen molar-refractivity contribution in [3.8, 4) is 0 Å². The first-order valence-electron chi connectivity index (χ1n) is 21.2. The molecule has 0 aliphatic rings. The molecule has 0 aromatic carbocycles. The second-order valence-electron chi connectivity index (χ2n) is 14.7. The Kier molecular flexibility index (Phi) is 39.8. The van der Waals surface area contributed by atoms with Crippen LogP contribution in [0.1, 0.15) is 206 Å². The van der Waals surface area contributed by atoms with Crippen LogP contribution in [-0.4, -0.2) is 64.0 Å². The average molecular weight is 680 g/mol. The summed E-state index contributed by atoms with van der Waals surface area (Å²) in [5, 5.41) is 0. The molecule has 0 fully saturated rings. The second kappa shape index (κ2) is 40.5. The van der Waals surface area contributed by atoms with Crippen LogP contribution in [0.3, 0.4) is 0 Å². The average Bonchev–Trinajstić information content (AvgIpc) is 3.07. The largest absolute Gasteiger partial charge is 0.463 e. The summed E-state index contributed by atoms with van der Waals surface area (Å²) in [5.74, 6) is -0.129. The summed E-state index contributed by atoms with van der Waals surface area (Å²) >= 11 is 0. The van der Waals surface area contributed by atoms with Crippen molar-refractivity contribution in [1.82, 2.24) is 4.90 Å². The van der Waals surface area contributed by atoms with Gasteiger partial charge in [-0.25, -0.2) is 0 Å². The van der Waals surface area contributed by atoms with Gasteiger partial charge < -0.3 is 19.1 Å². The van der Waals surface area contributed by atoms with Crippen LogP contribution in [0.5, 0.6) is 0 Å². The molecule has 0 saturated carbocycles. The maximum absolute atomic E-state index is 12.2. The Morgan fingerprint density at radius 1 is 0.521 bits per heavy atom. The Morgan fingerprint density at radius 2 is 0.938 bits per heavy atom. The second-order valence-corrected chi connectivity index (χ2v) is 14.7. The lowest BCUT2D eigenvalue weighted by molar-refractivity contribution is -0.150. The third-order valence-corrected chi connectivity index (χ3v) is 9.37. The van der Waals surface area contributed by atoms with E-state index >= 15 is 0 Å². The van der Waals surface area contributed by atoms with Gasteiger partial charge in [0, 0.05) is 19.6 Å². The van der Waals surface area contributed by atoms with Crippen molar-refractivity contribution < 1.29 is 19.0 Å². The van der Waals surface area contributed by atoms with E-state index in [1.54, 1.807) is 0 Å². The van der Waals surface area contributed by atoms with Crippen molar-refractivity contribution in [1.29, 1.82) is 0 Å². The van der Waals surface area contributed by atoms with Gasteiger partial charge in [-0.2, -0.15) is 0 Å². The van der Waals surface area contributed by atoms with Crippen LogP contribution >= 0.6 is 0 Å². The number of ether oxygens (including phenoxy) is 3. The van der Waals surface area contributed by atoms with Crippen LogP contribution in [-0.2, 0) is 19.0 Å². The van der Waals surface area contributed by atoms with E-state index in [0.29, 0.717) is 19.6 Å². The van der Waals surface area contributed by atoms with E-state index in [0.717, 1.165) is 39.0 Å². The predicted molar refractivity (Wildman–Crippen MR) is 209 cm³/mol. The van der Waals surface area contributed by atoms with E-state index in [-0.39, 0.29) is 12.1 Å². The molecular weight excluding hydrogens is 594 g/mol. The molecule has 0 rings (SSSR count). The molecule has 5 heteroatoms. The molecule has 1 atom stereocenters. The van der Waals surface area contributed by atoms with Crippen LogP contribution in [0.25, 0.3) is 0 Å². The summed E-state index contributed by atoms with van der Waals surface area (Å²) in [5.41, 5.74) is 0. The van der Waals surface area contributed by atoms with Gasteiger partial charge >= 0.3 is 5.97 Å². The Balaban J connectivity index is 3.92. The lowest BCUT2D eigenvalue weighted by Crippen LogP contribution is -2.28. The van der Waals surface area contributed by atoms with Crippen molar-refractivity contribution in [2.75, 3.05) is 47.1 Å². The van der Waals surface area contributed by atoms with Gasteiger partial charge in [0.25, 0.3) is 0 Å². The van der Waals surface area contributed by atoms with Gasteiger partial charge in [-0.05, 0) is 65.6 Å². The molecule has 5 nitrogen and oxygen atoms in total. The smallest absolute Gasteiger partial charge is 0.305 e. The number of carbonyl (C=O) groups is 1. The van der Waals surface area contributed by atoms with E-state index in [2.05, 4.69) is 30.9 Å². The number of allylic oxidation sites excluding steroid dienone is 2. The van der Waals surface area contributed by atoms with Crippen molar-refractivity contribution in [2.45, 2.75) is 213 Å². The zero-order valence-corrected chi connectivity index (χ0v) is 33.1. The summed E-state index contributed by atoms with van der Waals surface area (Å²) in [4.78, 5) is 14.3. The van der Waals surface area contributed by atoms with Crippen LogP contribution in [0.4, 0.5) is 0 Å². The van der Waals surface area contributed by atoms with Crippen molar-refractivity contribution in [3.63, 3.8) is 0 Å². The lowest BCUT2D eigenvalue weighted by Gasteiger charge is -2.18. The summed E-state index contributed by atoms with van der Waals surface area (Å²) in [6.07, 6.45) is 43.2. The third-order valence-electron chi connectivity index (χ3n) is 9.37. The quantitative estimate of drug-likeness (QED) is 0.0366. The highest BCUT2D eigenvalue weighted by atomic mass is 16.6. The van der Waals surface area contributed by atoms with Crippen LogP contribution < -0.4 is 0 Å². The molecule has 0 bridgehead atoms. The summed E-state index contributed by atoms with van der Waals surface area (Å²) in [6.45, 7) is 7.75. The highest BCUT2D eigenvalue weighted by Crippen LogP contribution is 2.14. The van der Waals surface area contributed by atoms with Gasteiger partial charge in [0.1, 0.15) is 12.7 Å². The minimum absolute atomic E-state index is 0.129. The summed E-state index contributed by atoms with van der Waals surface area (Å²) < 4.78 is 17.7. The zero-order valence-electron chi connectivity index (χ0n) is 33.1. The SMILES string of the molecule is CCCCCCCC/C=C\CCCCCCCCOCC(COC(=O)CCCN(C)C)OCCCCCCCCCCCCCCCC. The first-order chi connectivity index (χ1) is 23.6. The lowest BCUT2D eigenvalue weighted by atomic mass is 10.0. The van der Waals surface area contributed by atoms with Gasteiger partial charge in [0.05, 0.1) is 6.61 Å². The molecule has 0 aliphatic carbocycles. The molecule has 0 aromatic heterocycles. The molecule has 0 saturated heterocycles. The highest BCUT2D eigenvalue weighted by Gasteiger charge is 2.13. The first-order valence-corrected chi connectivity index (χ1v) is 21.2. The molecule has 0 heterocycles. The Labute approximate surface area is 301 Å². The Morgan fingerprint density at radius 3 is 1.40 bits per heavy atom. The predicted octanol–water partition coefficient (Wildman–Crippen LogP) is 12.8. The van der Waals surface area contributed by atoms with Gasteiger partial charge in [-0.3, -0.25) is 4.79 Å². The number of unbranched alkanes of at least 4 members (excludes halogenated alkanes) is 25. The summed E-state index contributed by atoms with van der Waals surface area (Å²) in [7, 11) is 4.06. The van der Waals surface area contributed by atoms with E-state index < -0.39 is 0 Å². The topological polar surface area (TPSA) is 48.0 Å². The molecule has 0 aromatic rings. The van der Waals surface area contributed by atoms with E-state index in [9.17, 15) is 4.79 Å². The van der Waals surface area contributed by atoms with Crippen molar-refractivity contribution in [3.05, 3.63) is 12.2 Å². The molecule has 0 spiro atoms. The molecule has 0 N–H and O–H groups in total. The summed E-state index contributed by atoms with van der Waals surface area (Å²) in [6, 6.07) is 0. The fourth-order valence-corrected chi connectivity index (χ4v) is 6.16. The molecule has 0 amide bonds. The van der Waals surface area contributed by atoms with Gasteiger partial charge in [0.2, 0.25) is 0 Å². The van der Waals surface area contributed by atoms with Crippen LogP contribution in [0.2, 0.25) is 0 Å². The third kappa shape index (κ3) is 39.5. The molecule has 0 aliphatic heterocycles. The molecule has 0 radical (unpaired) electrons. The minimum Gasteiger partial charge on any atom is -0.463 e. The van der Waals surface area contributed by atoms with Crippen LogP contribution in [0, 0.1) is 0 Å². The fraction of sp³-hybridized carbons (Fsp3) is 0.930. The monoisotopic (exact) mass is 680 g/mol. The number of rotatable bonds is 40. The highest BCUT2D eigenvalue weighted by molar-refractivity contribution is 5.69. The Bertz CT molecular complexity index is 653. The fourth-order valence-electron chi connectivity index (χ4n) is 6.16. The minimum atomic E-state index is -0.168. The van der Waals surface area contributed by atoms with Crippen molar-refractivity contribution >= 4 is 5.97 Å². The number of esters is 1. The number of hydrogen-bond donors (Lipinski definition) is 0. The Hall–Kier alpha value is -0.910. The number of carbonyl (C=O) groups excluding carboxylic acids is 1. The molecule has 1 unspecified atom stereocenters.